The van der Waals surface area contributed by atoms with E-state index in [1.807, 2.05) is 56.4 Å². The van der Waals surface area contributed by atoms with Gasteiger partial charge in [0.1, 0.15) is 11.4 Å². The first-order chi connectivity index (χ1) is 15.7. The molecule has 1 N–H and O–H groups in total. The number of carbonyl (C=O) groups is 1. The highest BCUT2D eigenvalue weighted by molar-refractivity contribution is 6.15. The van der Waals surface area contributed by atoms with Gasteiger partial charge in [-0.1, -0.05) is 35.5 Å². The monoisotopic (exact) mass is 427 g/mol. The standard InChI is InChI=1S/C23H21N7O2/c1-3-29-11-10-18(27-29)19-12-17(22(31)25-16-13-24-30(4-2)14-16)20-21(28-32-23(20)26-19)15-8-6-5-7-9-15/h5-14H,3-4H2,1-2H3,(H,25,31). The zero-order valence-electron chi connectivity index (χ0n) is 17.7. The molecule has 9 heteroatoms. The van der Waals surface area contributed by atoms with Crippen molar-refractivity contribution < 1.29 is 9.32 Å². The van der Waals surface area contributed by atoms with Crippen LogP contribution in [-0.2, 0) is 13.1 Å². The second-order valence-electron chi connectivity index (χ2n) is 7.23. The van der Waals surface area contributed by atoms with Crippen LogP contribution in [0.3, 0.4) is 0 Å². The second kappa shape index (κ2) is 8.10. The first kappa shape index (κ1) is 19.7. The summed E-state index contributed by atoms with van der Waals surface area (Å²) in [6.07, 6.45) is 5.27. The molecule has 0 fully saturated rings. The van der Waals surface area contributed by atoms with Crippen molar-refractivity contribution in [2.45, 2.75) is 26.9 Å². The first-order valence-electron chi connectivity index (χ1n) is 10.4. The van der Waals surface area contributed by atoms with Crippen molar-refractivity contribution in [3.05, 3.63) is 66.6 Å². The fourth-order valence-electron chi connectivity index (χ4n) is 3.53. The molecule has 0 radical (unpaired) electrons. The van der Waals surface area contributed by atoms with Gasteiger partial charge < -0.3 is 9.84 Å². The van der Waals surface area contributed by atoms with E-state index in [0.717, 1.165) is 12.1 Å². The number of anilines is 1. The Labute approximate surface area is 183 Å². The molecule has 1 aromatic carbocycles. The lowest BCUT2D eigenvalue weighted by Gasteiger charge is -2.07. The smallest absolute Gasteiger partial charge is 0.259 e. The molecule has 32 heavy (non-hydrogen) atoms. The van der Waals surface area contributed by atoms with Crippen LogP contribution in [0.25, 0.3) is 33.7 Å². The molecular weight excluding hydrogens is 406 g/mol. The SMILES string of the molecule is CCn1cc(NC(=O)c2cc(-c3ccn(CC)n3)nc3onc(-c4ccccc4)c23)cn1. The van der Waals surface area contributed by atoms with Gasteiger partial charge in [0, 0.05) is 31.0 Å². The number of benzene rings is 1. The molecular formula is C23H21N7O2. The summed E-state index contributed by atoms with van der Waals surface area (Å²) in [6.45, 7) is 5.43. The zero-order chi connectivity index (χ0) is 22.1. The molecule has 0 atom stereocenters. The molecule has 0 aliphatic rings. The molecule has 1 amide bonds. The molecule has 0 aliphatic heterocycles. The molecule has 0 aliphatic carbocycles. The summed E-state index contributed by atoms with van der Waals surface area (Å²) in [7, 11) is 0. The van der Waals surface area contributed by atoms with E-state index < -0.39 is 0 Å². The number of rotatable bonds is 6. The third kappa shape index (κ3) is 3.53. The van der Waals surface area contributed by atoms with Gasteiger partial charge in [-0.05, 0) is 26.0 Å². The van der Waals surface area contributed by atoms with Crippen LogP contribution in [-0.4, -0.2) is 35.6 Å². The molecule has 0 spiro atoms. The molecule has 0 bridgehead atoms. The number of carbonyl (C=O) groups excluding carboxylic acids is 1. The Hall–Kier alpha value is -4.27. The molecule has 0 saturated carbocycles. The van der Waals surface area contributed by atoms with Crippen LogP contribution in [0.5, 0.6) is 0 Å². The van der Waals surface area contributed by atoms with Crippen molar-refractivity contribution >= 4 is 22.7 Å². The quantitative estimate of drug-likeness (QED) is 0.435. The maximum absolute atomic E-state index is 13.4. The van der Waals surface area contributed by atoms with E-state index in [0.29, 0.717) is 40.3 Å². The summed E-state index contributed by atoms with van der Waals surface area (Å²) in [5.74, 6) is -0.301. The van der Waals surface area contributed by atoms with E-state index in [-0.39, 0.29) is 11.6 Å². The molecule has 5 aromatic rings. The van der Waals surface area contributed by atoms with Gasteiger partial charge in [-0.2, -0.15) is 10.2 Å². The van der Waals surface area contributed by atoms with Gasteiger partial charge in [0.2, 0.25) is 0 Å². The largest absolute Gasteiger partial charge is 0.335 e. The molecule has 0 saturated heterocycles. The second-order valence-corrected chi connectivity index (χ2v) is 7.23. The summed E-state index contributed by atoms with van der Waals surface area (Å²) in [6, 6.07) is 13.2. The number of hydrogen-bond acceptors (Lipinski definition) is 6. The summed E-state index contributed by atoms with van der Waals surface area (Å²) < 4.78 is 9.12. The topological polar surface area (TPSA) is 104 Å². The predicted molar refractivity (Wildman–Crippen MR) is 120 cm³/mol. The summed E-state index contributed by atoms with van der Waals surface area (Å²) in [4.78, 5) is 18.0. The molecule has 0 unspecified atom stereocenters. The molecule has 4 heterocycles. The summed E-state index contributed by atoms with van der Waals surface area (Å²) in [5.41, 5.74) is 3.88. The van der Waals surface area contributed by atoms with Crippen LogP contribution < -0.4 is 5.32 Å². The number of pyridine rings is 1. The Balaban J connectivity index is 1.65. The highest BCUT2D eigenvalue weighted by atomic mass is 16.5. The minimum atomic E-state index is -0.301. The first-order valence-corrected chi connectivity index (χ1v) is 10.4. The Morgan fingerprint density at radius 1 is 1.06 bits per heavy atom. The van der Waals surface area contributed by atoms with E-state index in [1.54, 1.807) is 27.8 Å². The zero-order valence-corrected chi connectivity index (χ0v) is 17.7. The van der Waals surface area contributed by atoms with Gasteiger partial charge in [0.15, 0.2) is 0 Å². The number of aryl methyl sites for hydroxylation is 2. The fourth-order valence-corrected chi connectivity index (χ4v) is 3.53. The number of nitrogens with zero attached hydrogens (tertiary/aromatic N) is 6. The summed E-state index contributed by atoms with van der Waals surface area (Å²) >= 11 is 0. The van der Waals surface area contributed by atoms with Crippen LogP contribution in [0.2, 0.25) is 0 Å². The average Bonchev–Trinajstić information content (AvgIpc) is 3.58. The lowest BCUT2D eigenvalue weighted by atomic mass is 10.0. The predicted octanol–water partition coefficient (Wildman–Crippen LogP) is 4.24. The lowest BCUT2D eigenvalue weighted by Crippen LogP contribution is -2.13. The third-order valence-electron chi connectivity index (χ3n) is 5.18. The number of hydrogen-bond donors (Lipinski definition) is 1. The van der Waals surface area contributed by atoms with Gasteiger partial charge in [-0.15, -0.1) is 0 Å². The van der Waals surface area contributed by atoms with E-state index in [4.69, 9.17) is 4.52 Å². The molecule has 160 valence electrons. The van der Waals surface area contributed by atoms with Crippen molar-refractivity contribution in [3.8, 4) is 22.6 Å². The van der Waals surface area contributed by atoms with E-state index in [2.05, 4.69) is 25.7 Å². The minimum Gasteiger partial charge on any atom is -0.335 e. The van der Waals surface area contributed by atoms with Gasteiger partial charge in [0.25, 0.3) is 11.6 Å². The van der Waals surface area contributed by atoms with Crippen molar-refractivity contribution in [1.82, 2.24) is 29.7 Å². The average molecular weight is 427 g/mol. The van der Waals surface area contributed by atoms with Gasteiger partial charge in [-0.25, -0.2) is 4.98 Å². The highest BCUT2D eigenvalue weighted by Gasteiger charge is 2.23. The third-order valence-corrected chi connectivity index (χ3v) is 5.18. The van der Waals surface area contributed by atoms with Crippen LogP contribution >= 0.6 is 0 Å². The molecule has 4 aromatic heterocycles. The molecule has 5 rings (SSSR count). The van der Waals surface area contributed by atoms with Crippen molar-refractivity contribution in [2.24, 2.45) is 0 Å². The van der Waals surface area contributed by atoms with Crippen LogP contribution in [0.1, 0.15) is 24.2 Å². The molecule has 9 nitrogen and oxygen atoms in total. The van der Waals surface area contributed by atoms with Gasteiger partial charge in [-0.3, -0.25) is 14.2 Å². The fraction of sp³-hybridized carbons (Fsp3) is 0.174. The Kier molecular flexibility index (Phi) is 4.98. The van der Waals surface area contributed by atoms with Gasteiger partial charge in [0.05, 0.1) is 28.5 Å². The van der Waals surface area contributed by atoms with E-state index >= 15 is 0 Å². The Morgan fingerprint density at radius 2 is 1.88 bits per heavy atom. The lowest BCUT2D eigenvalue weighted by molar-refractivity contribution is 0.102. The van der Waals surface area contributed by atoms with Crippen molar-refractivity contribution in [3.63, 3.8) is 0 Å². The van der Waals surface area contributed by atoms with Crippen LogP contribution in [0.15, 0.2) is 65.6 Å². The Bertz CT molecular complexity index is 1400. The van der Waals surface area contributed by atoms with Crippen molar-refractivity contribution in [2.75, 3.05) is 5.32 Å². The minimum absolute atomic E-state index is 0.279. The van der Waals surface area contributed by atoms with Gasteiger partial charge >= 0.3 is 0 Å². The number of nitrogens with one attached hydrogen (secondary N) is 1. The number of aromatic nitrogens is 6. The van der Waals surface area contributed by atoms with Crippen LogP contribution in [0.4, 0.5) is 5.69 Å². The summed E-state index contributed by atoms with van der Waals surface area (Å²) in [5, 5.41) is 16.4. The van der Waals surface area contributed by atoms with Crippen LogP contribution in [0, 0.1) is 0 Å². The maximum atomic E-state index is 13.4. The highest BCUT2D eigenvalue weighted by Crippen LogP contribution is 2.32. The van der Waals surface area contributed by atoms with Crippen molar-refractivity contribution in [1.29, 1.82) is 0 Å². The van der Waals surface area contributed by atoms with E-state index in [1.165, 1.54) is 0 Å². The maximum Gasteiger partial charge on any atom is 0.259 e. The number of amides is 1. The normalized spacial score (nSPS) is 11.2. The number of fused-ring (bicyclic) bond motifs is 1. The Morgan fingerprint density at radius 3 is 2.59 bits per heavy atom. The van der Waals surface area contributed by atoms with E-state index in [9.17, 15) is 4.79 Å².